The SMILES string of the molecule is CC[NH+](CC)OC. The Kier molecular flexibility index (Phi) is 4.04. The van der Waals surface area contributed by atoms with Gasteiger partial charge in [0.05, 0.1) is 7.11 Å². The van der Waals surface area contributed by atoms with E-state index in [1.165, 1.54) is 5.06 Å². The largest absolute Gasteiger partial charge is 0.208 e. The van der Waals surface area contributed by atoms with Crippen molar-refractivity contribution in [2.24, 2.45) is 0 Å². The fraction of sp³-hybridized carbons (Fsp3) is 1.00. The van der Waals surface area contributed by atoms with Gasteiger partial charge in [-0.05, 0) is 13.8 Å². The van der Waals surface area contributed by atoms with E-state index < -0.39 is 0 Å². The quantitative estimate of drug-likeness (QED) is 0.475. The van der Waals surface area contributed by atoms with E-state index in [9.17, 15) is 0 Å². The molecule has 0 saturated carbocycles. The van der Waals surface area contributed by atoms with Crippen LogP contribution in [0.3, 0.4) is 0 Å². The van der Waals surface area contributed by atoms with Crippen LogP contribution in [0.25, 0.3) is 0 Å². The monoisotopic (exact) mass is 104 g/mol. The molecule has 7 heavy (non-hydrogen) atoms. The van der Waals surface area contributed by atoms with Gasteiger partial charge in [0.25, 0.3) is 0 Å². The third-order valence-electron chi connectivity index (χ3n) is 1.08. The summed E-state index contributed by atoms with van der Waals surface area (Å²) in [6.45, 7) is 6.30. The molecule has 0 atom stereocenters. The van der Waals surface area contributed by atoms with Gasteiger partial charge >= 0.3 is 0 Å². The summed E-state index contributed by atoms with van der Waals surface area (Å²) in [7, 11) is 1.72. The normalized spacial score (nSPS) is 10.3. The van der Waals surface area contributed by atoms with Gasteiger partial charge in [-0.3, -0.25) is 0 Å². The van der Waals surface area contributed by atoms with E-state index in [1.807, 2.05) is 0 Å². The molecule has 0 heterocycles. The van der Waals surface area contributed by atoms with Gasteiger partial charge in [-0.2, -0.15) is 5.06 Å². The summed E-state index contributed by atoms with van der Waals surface area (Å²) in [6, 6.07) is 0. The van der Waals surface area contributed by atoms with Gasteiger partial charge in [0.1, 0.15) is 13.1 Å². The lowest BCUT2D eigenvalue weighted by Gasteiger charge is -2.08. The fourth-order valence-corrected chi connectivity index (χ4v) is 0.539. The van der Waals surface area contributed by atoms with Crippen LogP contribution in [-0.4, -0.2) is 20.2 Å². The van der Waals surface area contributed by atoms with Crippen molar-refractivity contribution in [3.63, 3.8) is 0 Å². The van der Waals surface area contributed by atoms with Crippen LogP contribution in [0.15, 0.2) is 0 Å². The van der Waals surface area contributed by atoms with E-state index in [-0.39, 0.29) is 0 Å². The molecule has 44 valence electrons. The second-order valence-corrected chi connectivity index (χ2v) is 1.45. The molecule has 0 spiro atoms. The Morgan fingerprint density at radius 3 is 1.71 bits per heavy atom. The van der Waals surface area contributed by atoms with Crippen molar-refractivity contribution < 1.29 is 9.90 Å². The van der Waals surface area contributed by atoms with Crippen LogP contribution >= 0.6 is 0 Å². The number of quaternary nitrogens is 1. The van der Waals surface area contributed by atoms with Crippen LogP contribution in [0.1, 0.15) is 13.8 Å². The summed E-state index contributed by atoms with van der Waals surface area (Å²) in [5.74, 6) is 0. The Morgan fingerprint density at radius 1 is 1.29 bits per heavy atom. The van der Waals surface area contributed by atoms with Crippen molar-refractivity contribution in [2.45, 2.75) is 13.8 Å². The van der Waals surface area contributed by atoms with E-state index in [4.69, 9.17) is 4.84 Å². The number of nitrogens with one attached hydrogen (secondary N) is 1. The summed E-state index contributed by atoms with van der Waals surface area (Å²) in [5, 5.41) is 1.18. The van der Waals surface area contributed by atoms with Crippen molar-refractivity contribution in [2.75, 3.05) is 20.2 Å². The summed E-state index contributed by atoms with van der Waals surface area (Å²) in [4.78, 5) is 4.97. The lowest BCUT2D eigenvalue weighted by Crippen LogP contribution is -3.10. The van der Waals surface area contributed by atoms with Crippen LogP contribution in [0.5, 0.6) is 0 Å². The van der Waals surface area contributed by atoms with Crippen molar-refractivity contribution in [1.82, 2.24) is 0 Å². The molecule has 0 fully saturated rings. The first-order valence-electron chi connectivity index (χ1n) is 2.73. The highest BCUT2D eigenvalue weighted by molar-refractivity contribution is 4.00. The van der Waals surface area contributed by atoms with Crippen LogP contribution in [0.4, 0.5) is 0 Å². The predicted octanol–water partition coefficient (Wildman–Crippen LogP) is -0.527. The Bertz CT molecular complexity index is 29.6. The Balaban J connectivity index is 2.99. The highest BCUT2D eigenvalue weighted by atomic mass is 16.7. The zero-order chi connectivity index (χ0) is 5.70. The average molecular weight is 104 g/mol. The van der Waals surface area contributed by atoms with Crippen molar-refractivity contribution >= 4 is 0 Å². The van der Waals surface area contributed by atoms with Gasteiger partial charge in [0, 0.05) is 0 Å². The first kappa shape index (κ1) is 6.92. The van der Waals surface area contributed by atoms with E-state index >= 15 is 0 Å². The maximum Gasteiger partial charge on any atom is 0.104 e. The maximum atomic E-state index is 4.97. The summed E-state index contributed by atoms with van der Waals surface area (Å²) in [5.41, 5.74) is 0. The molecule has 0 aliphatic carbocycles. The molecular weight excluding hydrogens is 90.1 g/mol. The number of hydrogen-bond acceptors (Lipinski definition) is 1. The zero-order valence-electron chi connectivity index (χ0n) is 5.32. The molecule has 0 saturated heterocycles. The van der Waals surface area contributed by atoms with Gasteiger partial charge in [-0.15, -0.1) is 0 Å². The molecule has 0 aromatic carbocycles. The van der Waals surface area contributed by atoms with Crippen molar-refractivity contribution in [1.29, 1.82) is 0 Å². The molecule has 2 nitrogen and oxygen atoms in total. The lowest BCUT2D eigenvalue weighted by molar-refractivity contribution is -1.08. The topological polar surface area (TPSA) is 13.7 Å². The van der Waals surface area contributed by atoms with Gasteiger partial charge in [0.15, 0.2) is 0 Å². The smallest absolute Gasteiger partial charge is 0.104 e. The molecule has 0 amide bonds. The molecular formula is C5H14NO+. The minimum absolute atomic E-state index is 1.05. The lowest BCUT2D eigenvalue weighted by atomic mass is 10.6. The molecule has 1 N–H and O–H groups in total. The molecule has 0 aliphatic heterocycles. The Hall–Kier alpha value is -0.0800. The van der Waals surface area contributed by atoms with Crippen LogP contribution in [0.2, 0.25) is 0 Å². The summed E-state index contributed by atoms with van der Waals surface area (Å²) >= 11 is 0. The van der Waals surface area contributed by atoms with Gasteiger partial charge in [0.2, 0.25) is 0 Å². The average Bonchev–Trinajstić information content (AvgIpc) is 1.72. The molecule has 0 rings (SSSR count). The molecule has 0 bridgehead atoms. The minimum Gasteiger partial charge on any atom is -0.208 e. The van der Waals surface area contributed by atoms with E-state index in [0.717, 1.165) is 13.1 Å². The molecule has 0 aromatic rings. The van der Waals surface area contributed by atoms with Gasteiger partial charge < -0.3 is 0 Å². The minimum atomic E-state index is 1.05. The standard InChI is InChI=1S/C5H13NO/c1-4-6(5-2)7-3/h4-5H2,1-3H3/p+1. The molecule has 0 radical (unpaired) electrons. The number of hydroxylamine groups is 2. The summed E-state index contributed by atoms with van der Waals surface area (Å²) in [6.07, 6.45) is 0. The molecule has 2 heteroatoms. The third kappa shape index (κ3) is 2.60. The van der Waals surface area contributed by atoms with E-state index in [2.05, 4.69) is 13.8 Å². The molecule has 0 unspecified atom stereocenters. The predicted molar refractivity (Wildman–Crippen MR) is 29.1 cm³/mol. The Labute approximate surface area is 45.0 Å². The first-order valence-corrected chi connectivity index (χ1v) is 2.73. The molecule has 0 aromatic heterocycles. The van der Waals surface area contributed by atoms with Crippen molar-refractivity contribution in [3.05, 3.63) is 0 Å². The molecule has 0 aliphatic rings. The summed E-state index contributed by atoms with van der Waals surface area (Å²) < 4.78 is 0. The highest BCUT2D eigenvalue weighted by Crippen LogP contribution is 1.45. The zero-order valence-corrected chi connectivity index (χ0v) is 5.32. The highest BCUT2D eigenvalue weighted by Gasteiger charge is 1.94. The fourth-order valence-electron chi connectivity index (χ4n) is 0.539. The third-order valence-corrected chi connectivity index (χ3v) is 1.08. The van der Waals surface area contributed by atoms with E-state index in [1.54, 1.807) is 7.11 Å². The van der Waals surface area contributed by atoms with Gasteiger partial charge in [-0.25, -0.2) is 4.84 Å². The first-order chi connectivity index (χ1) is 3.35. The van der Waals surface area contributed by atoms with Crippen LogP contribution < -0.4 is 5.06 Å². The maximum absolute atomic E-state index is 4.97. The van der Waals surface area contributed by atoms with Crippen LogP contribution in [0, 0.1) is 0 Å². The number of rotatable bonds is 3. The van der Waals surface area contributed by atoms with E-state index in [0.29, 0.717) is 0 Å². The second-order valence-electron chi connectivity index (χ2n) is 1.45. The Morgan fingerprint density at radius 2 is 1.71 bits per heavy atom. The number of hydrogen-bond donors (Lipinski definition) is 1. The second kappa shape index (κ2) is 4.09. The van der Waals surface area contributed by atoms with Gasteiger partial charge in [-0.1, -0.05) is 0 Å². The van der Waals surface area contributed by atoms with Crippen LogP contribution in [-0.2, 0) is 4.84 Å². The van der Waals surface area contributed by atoms with Crippen molar-refractivity contribution in [3.8, 4) is 0 Å².